The van der Waals surface area contributed by atoms with Gasteiger partial charge in [0.05, 0.1) is 32.3 Å². The van der Waals surface area contributed by atoms with Gasteiger partial charge in [-0.25, -0.2) is 0 Å². The fourth-order valence-electron chi connectivity index (χ4n) is 5.96. The van der Waals surface area contributed by atoms with Gasteiger partial charge in [-0.2, -0.15) is 0 Å². The number of piperidine rings is 1. The number of hydrogen-bond acceptors (Lipinski definition) is 5. The maximum Gasteiger partial charge on any atom is 0.311 e. The molecule has 1 saturated carbocycles. The highest BCUT2D eigenvalue weighted by molar-refractivity contribution is 5.86. The maximum atomic E-state index is 12.4. The number of H-pyrrole nitrogens is 1. The van der Waals surface area contributed by atoms with Gasteiger partial charge in [0.15, 0.2) is 0 Å². The van der Waals surface area contributed by atoms with Crippen LogP contribution in [0.5, 0.6) is 5.75 Å². The molecular weight excluding hydrogens is 356 g/mol. The van der Waals surface area contributed by atoms with Crippen LogP contribution in [0.3, 0.4) is 0 Å². The average molecular weight is 384 g/mol. The predicted molar refractivity (Wildman–Crippen MR) is 105 cm³/mol. The number of esters is 1. The number of rotatable bonds is 2. The van der Waals surface area contributed by atoms with Crippen molar-refractivity contribution in [1.82, 2.24) is 9.88 Å². The third-order valence-corrected chi connectivity index (χ3v) is 7.32. The number of benzene rings is 1. The first kappa shape index (κ1) is 18.0. The number of nitrogens with zero attached hydrogens (tertiary/aromatic N) is 1. The lowest BCUT2D eigenvalue weighted by Gasteiger charge is -2.50. The number of carbonyl (C=O) groups excluding carboxylic acids is 1. The molecular formula is C22H28N2O4. The average Bonchev–Trinajstić information content (AvgIpc) is 3.10. The summed E-state index contributed by atoms with van der Waals surface area (Å²) in [6.07, 6.45) is 3.00. The van der Waals surface area contributed by atoms with Gasteiger partial charge in [0.1, 0.15) is 5.75 Å². The van der Waals surface area contributed by atoms with E-state index in [2.05, 4.69) is 22.0 Å². The molecule has 2 aliphatic heterocycles. The molecule has 2 N–H and O–H groups in total. The molecule has 0 bridgehead atoms. The maximum absolute atomic E-state index is 12.4. The summed E-state index contributed by atoms with van der Waals surface area (Å²) in [5.41, 5.74) is 3.79. The fraction of sp³-hybridized carbons (Fsp3) is 0.591. The Morgan fingerprint density at radius 2 is 2.14 bits per heavy atom. The van der Waals surface area contributed by atoms with Gasteiger partial charge in [-0.05, 0) is 61.3 Å². The highest BCUT2D eigenvalue weighted by Crippen LogP contribution is 2.49. The molecule has 6 nitrogen and oxygen atoms in total. The van der Waals surface area contributed by atoms with Crippen molar-refractivity contribution in [2.75, 3.05) is 27.3 Å². The molecule has 5 rings (SSSR count). The molecule has 5 atom stereocenters. The Labute approximate surface area is 164 Å². The Hall–Kier alpha value is -2.05. The zero-order valence-corrected chi connectivity index (χ0v) is 16.5. The van der Waals surface area contributed by atoms with Gasteiger partial charge in [0, 0.05) is 29.7 Å². The van der Waals surface area contributed by atoms with E-state index in [-0.39, 0.29) is 17.9 Å². The van der Waals surface area contributed by atoms with Crippen molar-refractivity contribution < 1.29 is 19.4 Å². The molecule has 1 saturated heterocycles. The molecule has 1 aliphatic carbocycles. The Bertz CT molecular complexity index is 907. The van der Waals surface area contributed by atoms with E-state index in [0.29, 0.717) is 12.3 Å². The monoisotopic (exact) mass is 384 g/mol. The largest absolute Gasteiger partial charge is 0.497 e. The Morgan fingerprint density at radius 3 is 2.93 bits per heavy atom. The number of aliphatic hydroxyl groups excluding tert-OH is 1. The summed E-state index contributed by atoms with van der Waals surface area (Å²) < 4.78 is 10.5. The normalized spacial score (nSPS) is 32.3. The quantitative estimate of drug-likeness (QED) is 0.779. The first-order valence-electron chi connectivity index (χ1n) is 10.3. The second-order valence-electron chi connectivity index (χ2n) is 8.54. The molecule has 0 spiro atoms. The number of aromatic amines is 1. The van der Waals surface area contributed by atoms with Crippen LogP contribution in [0.15, 0.2) is 18.2 Å². The van der Waals surface area contributed by atoms with Crippen LogP contribution in [-0.2, 0) is 16.0 Å². The molecule has 1 aromatic heterocycles. The lowest BCUT2D eigenvalue weighted by atomic mass is 9.65. The standard InChI is InChI=1S/C22H28N2O4/c1-27-13-4-5-17-16(9-13)14-7-8-24-11-12-3-6-19(25)20(22(26)28-2)15(12)10-18(24)21(14)23-17/h4-5,9,12,15,18-20,23,25H,3,6-8,10-11H2,1-2H3/t12-,15-,18-,19-,20-/m0/s1. The molecule has 28 heavy (non-hydrogen) atoms. The van der Waals surface area contributed by atoms with Crippen LogP contribution in [-0.4, -0.2) is 54.4 Å². The predicted octanol–water partition coefficient (Wildman–Crippen LogP) is 2.66. The molecule has 150 valence electrons. The number of methoxy groups -OCH3 is 2. The summed E-state index contributed by atoms with van der Waals surface area (Å²) >= 11 is 0. The molecule has 1 aromatic carbocycles. The van der Waals surface area contributed by atoms with Crippen LogP contribution >= 0.6 is 0 Å². The van der Waals surface area contributed by atoms with E-state index in [1.807, 2.05) is 6.07 Å². The highest BCUT2D eigenvalue weighted by Gasteiger charge is 2.49. The van der Waals surface area contributed by atoms with E-state index >= 15 is 0 Å². The molecule has 0 unspecified atom stereocenters. The first-order valence-corrected chi connectivity index (χ1v) is 10.3. The van der Waals surface area contributed by atoms with E-state index in [4.69, 9.17) is 9.47 Å². The number of aromatic nitrogens is 1. The lowest BCUT2D eigenvalue weighted by molar-refractivity contribution is -0.160. The van der Waals surface area contributed by atoms with Crippen LogP contribution in [0.25, 0.3) is 10.9 Å². The fourth-order valence-corrected chi connectivity index (χ4v) is 5.96. The molecule has 3 aliphatic rings. The van der Waals surface area contributed by atoms with Gasteiger partial charge in [-0.15, -0.1) is 0 Å². The Morgan fingerprint density at radius 1 is 1.29 bits per heavy atom. The number of nitrogens with one attached hydrogen (secondary N) is 1. The zero-order chi connectivity index (χ0) is 19.4. The summed E-state index contributed by atoms with van der Waals surface area (Å²) in [7, 11) is 3.13. The van der Waals surface area contributed by atoms with Gasteiger partial charge in [-0.1, -0.05) is 0 Å². The summed E-state index contributed by atoms with van der Waals surface area (Å²) in [4.78, 5) is 18.7. The molecule has 3 heterocycles. The second kappa shape index (κ2) is 6.78. The Balaban J connectivity index is 1.52. The van der Waals surface area contributed by atoms with E-state index < -0.39 is 12.0 Å². The lowest BCUT2D eigenvalue weighted by Crippen LogP contribution is -2.53. The summed E-state index contributed by atoms with van der Waals surface area (Å²) in [6.45, 7) is 2.03. The second-order valence-corrected chi connectivity index (χ2v) is 8.54. The third-order valence-electron chi connectivity index (χ3n) is 7.32. The topological polar surface area (TPSA) is 74.8 Å². The van der Waals surface area contributed by atoms with Crippen molar-refractivity contribution in [2.24, 2.45) is 17.8 Å². The van der Waals surface area contributed by atoms with Gasteiger partial charge in [0.2, 0.25) is 0 Å². The summed E-state index contributed by atoms with van der Waals surface area (Å²) in [5.74, 6) is 0.842. The number of carbonyl (C=O) groups is 1. The third kappa shape index (κ3) is 2.65. The van der Waals surface area contributed by atoms with E-state index in [9.17, 15) is 9.90 Å². The summed E-state index contributed by atoms with van der Waals surface area (Å²) in [5, 5.41) is 11.8. The van der Waals surface area contributed by atoms with Gasteiger partial charge < -0.3 is 19.6 Å². The number of fused-ring (bicyclic) bond motifs is 6. The minimum absolute atomic E-state index is 0.171. The number of aliphatic hydroxyl groups is 1. The number of ether oxygens (including phenoxy) is 2. The molecule has 0 radical (unpaired) electrons. The minimum atomic E-state index is -0.588. The van der Waals surface area contributed by atoms with E-state index in [1.54, 1.807) is 7.11 Å². The van der Waals surface area contributed by atoms with Gasteiger partial charge in [-0.3, -0.25) is 9.69 Å². The van der Waals surface area contributed by atoms with Crippen LogP contribution in [0, 0.1) is 17.8 Å². The first-order chi connectivity index (χ1) is 13.6. The van der Waals surface area contributed by atoms with Crippen molar-refractivity contribution >= 4 is 16.9 Å². The molecule has 6 heteroatoms. The van der Waals surface area contributed by atoms with Crippen molar-refractivity contribution in [3.05, 3.63) is 29.5 Å². The number of hydrogen-bond donors (Lipinski definition) is 2. The SMILES string of the molecule is COC(=O)[C@H]1[C@H]2C[C@H]3c4[nH]c5ccc(OC)cc5c4CCN3C[C@@H]2CC[C@@H]1O. The van der Waals surface area contributed by atoms with Crippen LogP contribution in [0.2, 0.25) is 0 Å². The highest BCUT2D eigenvalue weighted by atomic mass is 16.5. The van der Waals surface area contributed by atoms with Crippen LogP contribution in [0.1, 0.15) is 36.6 Å². The van der Waals surface area contributed by atoms with Crippen LogP contribution < -0.4 is 4.74 Å². The Kier molecular flexibility index (Phi) is 4.36. The van der Waals surface area contributed by atoms with Crippen LogP contribution in [0.4, 0.5) is 0 Å². The molecule has 0 amide bonds. The zero-order valence-electron chi connectivity index (χ0n) is 16.5. The molecule has 2 fully saturated rings. The van der Waals surface area contributed by atoms with Crippen molar-refractivity contribution in [2.45, 2.75) is 37.8 Å². The summed E-state index contributed by atoms with van der Waals surface area (Å²) in [6, 6.07) is 6.46. The van der Waals surface area contributed by atoms with Crippen molar-refractivity contribution in [1.29, 1.82) is 0 Å². The van der Waals surface area contributed by atoms with Gasteiger partial charge >= 0.3 is 5.97 Å². The smallest absolute Gasteiger partial charge is 0.311 e. The molecule has 2 aromatic rings. The van der Waals surface area contributed by atoms with Crippen molar-refractivity contribution in [3.8, 4) is 5.75 Å². The van der Waals surface area contributed by atoms with E-state index in [0.717, 1.165) is 43.6 Å². The van der Waals surface area contributed by atoms with E-state index in [1.165, 1.54) is 23.8 Å². The van der Waals surface area contributed by atoms with Crippen molar-refractivity contribution in [3.63, 3.8) is 0 Å². The minimum Gasteiger partial charge on any atom is -0.497 e. The van der Waals surface area contributed by atoms with Gasteiger partial charge in [0.25, 0.3) is 0 Å².